The normalized spacial score (nSPS) is 23.0. The van der Waals surface area contributed by atoms with Crippen LogP contribution in [0.1, 0.15) is 88.1 Å². The summed E-state index contributed by atoms with van der Waals surface area (Å²) in [5.41, 5.74) is 2.07. The number of aromatic nitrogens is 1. The lowest BCUT2D eigenvalue weighted by molar-refractivity contribution is -0.0177. The topological polar surface area (TPSA) is 116 Å². The van der Waals surface area contributed by atoms with Crippen molar-refractivity contribution >= 4 is 17.6 Å². The summed E-state index contributed by atoms with van der Waals surface area (Å²) in [5, 5.41) is 16.2. The summed E-state index contributed by atoms with van der Waals surface area (Å²) in [6, 6.07) is 8.76. The zero-order valence-corrected chi connectivity index (χ0v) is 27.5. The van der Waals surface area contributed by atoms with Crippen molar-refractivity contribution in [1.29, 1.82) is 0 Å². The first-order valence-corrected chi connectivity index (χ1v) is 16.7. The first-order valence-electron chi connectivity index (χ1n) is 16.7. The Morgan fingerprint density at radius 3 is 2.56 bits per heavy atom. The zero-order valence-electron chi connectivity index (χ0n) is 27.5. The van der Waals surface area contributed by atoms with Crippen LogP contribution in [-0.2, 0) is 11.3 Å². The molecule has 1 aromatic carbocycles. The molecule has 4 rings (SSSR count). The molecular formula is C35H53N5O5. The van der Waals surface area contributed by atoms with E-state index in [1.165, 1.54) is 12.0 Å². The highest BCUT2D eigenvalue weighted by atomic mass is 16.5. The number of likely N-dealkylation sites (N-methyl/N-ethyl adjacent to an activating group) is 1. The number of hydrogen-bond donors (Lipinski definition) is 3. The summed E-state index contributed by atoms with van der Waals surface area (Å²) in [4.78, 5) is 35.3. The van der Waals surface area contributed by atoms with Gasteiger partial charge in [-0.05, 0) is 88.9 Å². The molecule has 0 saturated heterocycles. The second-order valence-corrected chi connectivity index (χ2v) is 13.0. The number of urea groups is 1. The number of rotatable bonds is 8. The monoisotopic (exact) mass is 623 g/mol. The van der Waals surface area contributed by atoms with Gasteiger partial charge in [-0.25, -0.2) is 4.79 Å². The van der Waals surface area contributed by atoms with Gasteiger partial charge in [0.15, 0.2) is 0 Å². The van der Waals surface area contributed by atoms with Crippen LogP contribution in [0, 0.1) is 5.92 Å². The molecular weight excluding hydrogens is 570 g/mol. The van der Waals surface area contributed by atoms with E-state index in [1.807, 2.05) is 26.0 Å². The van der Waals surface area contributed by atoms with Gasteiger partial charge >= 0.3 is 6.03 Å². The highest BCUT2D eigenvalue weighted by Gasteiger charge is 2.30. The van der Waals surface area contributed by atoms with Crippen molar-refractivity contribution in [2.45, 2.75) is 103 Å². The highest BCUT2D eigenvalue weighted by Crippen LogP contribution is 2.29. The van der Waals surface area contributed by atoms with Crippen molar-refractivity contribution < 1.29 is 24.2 Å². The molecule has 10 heteroatoms. The van der Waals surface area contributed by atoms with Crippen LogP contribution in [0.25, 0.3) is 0 Å². The molecule has 4 atom stereocenters. The maximum absolute atomic E-state index is 14.3. The molecule has 2 aliphatic rings. The quantitative estimate of drug-likeness (QED) is 0.358. The molecule has 1 aliphatic heterocycles. The summed E-state index contributed by atoms with van der Waals surface area (Å²) in [5.74, 6) is 0.218. The lowest BCUT2D eigenvalue weighted by atomic mass is 9.96. The Balaban J connectivity index is 1.56. The van der Waals surface area contributed by atoms with Crippen molar-refractivity contribution in [3.8, 4) is 5.75 Å². The van der Waals surface area contributed by atoms with Gasteiger partial charge in [0, 0.05) is 56.3 Å². The van der Waals surface area contributed by atoms with E-state index in [0.29, 0.717) is 36.7 Å². The number of ether oxygens (including phenoxy) is 2. The molecule has 248 valence electrons. The van der Waals surface area contributed by atoms with Gasteiger partial charge in [-0.3, -0.25) is 14.7 Å². The third-order valence-corrected chi connectivity index (χ3v) is 8.94. The fourth-order valence-corrected chi connectivity index (χ4v) is 6.23. The maximum atomic E-state index is 14.3. The number of carbonyl (C=O) groups excluding carboxylic acids is 2. The third kappa shape index (κ3) is 10.7. The van der Waals surface area contributed by atoms with Crippen molar-refractivity contribution in [1.82, 2.24) is 20.1 Å². The Morgan fingerprint density at radius 1 is 1.09 bits per heavy atom. The maximum Gasteiger partial charge on any atom is 0.319 e. The Bertz CT molecular complexity index is 1210. The number of aliphatic hydroxyl groups excluding tert-OH is 1. The van der Waals surface area contributed by atoms with Crippen LogP contribution in [-0.4, -0.2) is 89.5 Å². The average Bonchev–Trinajstić information content (AvgIpc) is 3.03. The molecule has 2 aromatic rings. The number of anilines is 1. The third-order valence-electron chi connectivity index (χ3n) is 8.94. The number of pyridine rings is 1. The Labute approximate surface area is 268 Å². The van der Waals surface area contributed by atoms with Crippen molar-refractivity contribution in [3.05, 3.63) is 53.9 Å². The van der Waals surface area contributed by atoms with Crippen LogP contribution >= 0.6 is 0 Å². The number of hydrogen-bond acceptors (Lipinski definition) is 7. The molecule has 1 saturated carbocycles. The molecule has 2 heterocycles. The molecule has 45 heavy (non-hydrogen) atoms. The number of fused-ring (bicyclic) bond motifs is 1. The summed E-state index contributed by atoms with van der Waals surface area (Å²) >= 11 is 0. The molecule has 3 amide bonds. The van der Waals surface area contributed by atoms with Crippen LogP contribution in [0.3, 0.4) is 0 Å². The summed E-state index contributed by atoms with van der Waals surface area (Å²) in [7, 11) is 2.08. The average molecular weight is 624 g/mol. The van der Waals surface area contributed by atoms with E-state index in [9.17, 15) is 14.7 Å². The van der Waals surface area contributed by atoms with Gasteiger partial charge in [0.1, 0.15) is 5.75 Å². The lowest BCUT2D eigenvalue weighted by Crippen LogP contribution is -2.47. The van der Waals surface area contributed by atoms with E-state index in [-0.39, 0.29) is 42.7 Å². The smallest absolute Gasteiger partial charge is 0.319 e. The Morgan fingerprint density at radius 2 is 1.82 bits per heavy atom. The molecule has 0 radical (unpaired) electrons. The number of benzene rings is 1. The Hall–Kier alpha value is -3.21. The van der Waals surface area contributed by atoms with Crippen LogP contribution in [0.2, 0.25) is 0 Å². The van der Waals surface area contributed by atoms with Gasteiger partial charge in [0.2, 0.25) is 0 Å². The van der Waals surface area contributed by atoms with Gasteiger partial charge in [0.25, 0.3) is 5.91 Å². The molecule has 1 aliphatic carbocycles. The van der Waals surface area contributed by atoms with E-state index in [4.69, 9.17) is 9.47 Å². The van der Waals surface area contributed by atoms with Crippen molar-refractivity contribution in [3.63, 3.8) is 0 Å². The molecule has 1 aromatic heterocycles. The second kappa shape index (κ2) is 17.5. The predicted octanol–water partition coefficient (Wildman–Crippen LogP) is 5.46. The zero-order chi connectivity index (χ0) is 32.2. The predicted molar refractivity (Wildman–Crippen MR) is 176 cm³/mol. The highest BCUT2D eigenvalue weighted by molar-refractivity contribution is 5.99. The molecule has 1 fully saturated rings. The standard InChI is InChI=1S/C35H53N5O5/c1-25-21-40(26(2)24-41)34(42)31-20-30(38-35(43)37-29-11-6-5-7-12-29)13-14-32(31)45-27(3)10-8-9-19-44-33(25)23-39(4)22-28-15-17-36-18-16-28/h13-18,20,25-27,29,33,41H,5-12,19,21-24H2,1-4H3,(H2,37,38,43)/t25-,26-,27+,33+/m0/s1. The second-order valence-electron chi connectivity index (χ2n) is 13.0. The van der Waals surface area contributed by atoms with Gasteiger partial charge in [-0.2, -0.15) is 0 Å². The largest absolute Gasteiger partial charge is 0.490 e. The van der Waals surface area contributed by atoms with Crippen molar-refractivity contribution in [2.75, 3.05) is 38.7 Å². The van der Waals surface area contributed by atoms with Gasteiger partial charge in [0.05, 0.1) is 30.4 Å². The van der Waals surface area contributed by atoms with E-state index in [0.717, 1.165) is 51.5 Å². The minimum atomic E-state index is -0.431. The van der Waals surface area contributed by atoms with Crippen LogP contribution in [0.5, 0.6) is 5.75 Å². The van der Waals surface area contributed by atoms with Crippen LogP contribution in [0.15, 0.2) is 42.7 Å². The van der Waals surface area contributed by atoms with Gasteiger partial charge in [-0.15, -0.1) is 0 Å². The summed E-state index contributed by atoms with van der Waals surface area (Å²) in [6.45, 7) is 8.26. The summed E-state index contributed by atoms with van der Waals surface area (Å²) < 4.78 is 12.8. The Kier molecular flexibility index (Phi) is 13.5. The summed E-state index contributed by atoms with van der Waals surface area (Å²) in [6.07, 6.45) is 11.5. The number of aliphatic hydroxyl groups is 1. The van der Waals surface area contributed by atoms with Gasteiger partial charge in [-0.1, -0.05) is 26.2 Å². The van der Waals surface area contributed by atoms with E-state index in [1.54, 1.807) is 35.5 Å². The fraction of sp³-hybridized carbons (Fsp3) is 0.629. The SMILES string of the molecule is C[C@@H]1CCCCO[C@H](CN(C)Cc2ccncc2)[C@@H](C)CN([C@@H](C)CO)C(=O)c2cc(NC(=O)NC3CCCCC3)ccc2O1. The lowest BCUT2D eigenvalue weighted by Gasteiger charge is -2.36. The van der Waals surface area contributed by atoms with Crippen LogP contribution in [0.4, 0.5) is 10.5 Å². The molecule has 0 unspecified atom stereocenters. The first-order chi connectivity index (χ1) is 21.7. The number of carbonyl (C=O) groups is 2. The minimum absolute atomic E-state index is 0.0170. The number of nitrogens with zero attached hydrogens (tertiary/aromatic N) is 3. The molecule has 0 bridgehead atoms. The van der Waals surface area contributed by atoms with Crippen LogP contribution < -0.4 is 15.4 Å². The van der Waals surface area contributed by atoms with E-state index >= 15 is 0 Å². The van der Waals surface area contributed by atoms with E-state index < -0.39 is 6.04 Å². The first kappa shape index (κ1) is 34.7. The van der Waals surface area contributed by atoms with Crippen molar-refractivity contribution in [2.24, 2.45) is 5.92 Å². The molecule has 0 spiro atoms. The number of amides is 3. The fourth-order valence-electron chi connectivity index (χ4n) is 6.23. The minimum Gasteiger partial charge on any atom is -0.490 e. The molecule has 10 nitrogen and oxygen atoms in total. The van der Waals surface area contributed by atoms with Gasteiger partial charge < -0.3 is 30.1 Å². The number of nitrogens with one attached hydrogen (secondary N) is 2. The molecule has 3 N–H and O–H groups in total. The van der Waals surface area contributed by atoms with E-state index in [2.05, 4.69) is 34.5 Å².